The summed E-state index contributed by atoms with van der Waals surface area (Å²) in [6.07, 6.45) is 5.26. The number of amides is 1. The Labute approximate surface area is 186 Å². The first-order chi connectivity index (χ1) is 15.1. The van der Waals surface area contributed by atoms with Gasteiger partial charge >= 0.3 is 0 Å². The molecule has 0 spiro atoms. The number of aryl methyl sites for hydroxylation is 1. The first kappa shape index (κ1) is 20.1. The molecule has 0 radical (unpaired) electrons. The average molecular weight is 431 g/mol. The first-order valence-corrected chi connectivity index (χ1v) is 11.8. The van der Waals surface area contributed by atoms with E-state index in [1.807, 2.05) is 29.3 Å². The standard InChI is InChI=1S/C25H26N4OS/c1-16-7-11-18(12-8-16)15-31-25-27-24(30)22-20-5-3-4-6-21(20)26-23(29(22)28-25)19-13-9-17(2)10-14-19/h3-9,11-12,19,23H,10,13-15H2,1-2H3,(H,27,28,30)/t19-,23+/m0/s1. The number of hydrogen-bond donors (Lipinski definition) is 1. The van der Waals surface area contributed by atoms with Crippen LogP contribution in [0.15, 0.2) is 70.3 Å². The van der Waals surface area contributed by atoms with Gasteiger partial charge in [0.15, 0.2) is 5.17 Å². The number of hydrazone groups is 1. The topological polar surface area (TPSA) is 57.1 Å². The third-order valence-electron chi connectivity index (χ3n) is 6.14. The highest BCUT2D eigenvalue weighted by molar-refractivity contribution is 8.13. The van der Waals surface area contributed by atoms with Crippen LogP contribution in [0.2, 0.25) is 0 Å². The van der Waals surface area contributed by atoms with E-state index in [2.05, 4.69) is 49.5 Å². The number of nitrogens with one attached hydrogen (secondary N) is 1. The van der Waals surface area contributed by atoms with Crippen LogP contribution in [-0.2, 0) is 10.5 Å². The lowest BCUT2D eigenvalue weighted by molar-refractivity contribution is -0.116. The van der Waals surface area contributed by atoms with Crippen molar-refractivity contribution in [3.05, 3.63) is 81.9 Å². The van der Waals surface area contributed by atoms with Crippen molar-refractivity contribution in [1.29, 1.82) is 0 Å². The van der Waals surface area contributed by atoms with E-state index in [1.165, 1.54) is 16.7 Å². The number of hydrogen-bond acceptors (Lipinski definition) is 5. The summed E-state index contributed by atoms with van der Waals surface area (Å²) in [5, 5.41) is 12.2. The van der Waals surface area contributed by atoms with Crippen LogP contribution in [-0.4, -0.2) is 22.2 Å². The van der Waals surface area contributed by atoms with Crippen LogP contribution in [0.5, 0.6) is 0 Å². The van der Waals surface area contributed by atoms with Gasteiger partial charge in [0, 0.05) is 16.9 Å². The summed E-state index contributed by atoms with van der Waals surface area (Å²) in [4.78, 5) is 18.3. The molecule has 2 heterocycles. The molecule has 3 aliphatic rings. The Hall–Kier alpha value is -2.86. The molecule has 0 unspecified atom stereocenters. The Morgan fingerprint density at radius 1 is 1.13 bits per heavy atom. The lowest BCUT2D eigenvalue weighted by atomic mass is 9.87. The van der Waals surface area contributed by atoms with Gasteiger partial charge in [-0.05, 0) is 44.7 Å². The number of nitrogens with zero attached hydrogens (tertiary/aromatic N) is 3. The van der Waals surface area contributed by atoms with Crippen molar-refractivity contribution < 1.29 is 4.79 Å². The van der Waals surface area contributed by atoms with Gasteiger partial charge in [-0.1, -0.05) is 71.4 Å². The fraction of sp³-hybridized carbons (Fsp3) is 0.320. The summed E-state index contributed by atoms with van der Waals surface area (Å²) in [7, 11) is 0. The number of carbonyl (C=O) groups excluding carboxylic acids is 1. The molecule has 31 heavy (non-hydrogen) atoms. The Morgan fingerprint density at radius 2 is 1.94 bits per heavy atom. The number of thioether (sulfide) groups is 1. The minimum atomic E-state index is -0.157. The van der Waals surface area contributed by atoms with Crippen molar-refractivity contribution in [3.63, 3.8) is 0 Å². The summed E-state index contributed by atoms with van der Waals surface area (Å²) < 4.78 is 0. The smallest absolute Gasteiger partial charge is 0.276 e. The van der Waals surface area contributed by atoms with Gasteiger partial charge in [0.05, 0.1) is 5.36 Å². The fourth-order valence-corrected chi connectivity index (χ4v) is 5.12. The van der Waals surface area contributed by atoms with Gasteiger partial charge in [-0.2, -0.15) is 0 Å². The van der Waals surface area contributed by atoms with Crippen molar-refractivity contribution >= 4 is 28.5 Å². The highest BCUT2D eigenvalue weighted by Gasteiger charge is 2.37. The zero-order chi connectivity index (χ0) is 21.4. The van der Waals surface area contributed by atoms with Gasteiger partial charge in [0.1, 0.15) is 11.9 Å². The van der Waals surface area contributed by atoms with Crippen LogP contribution >= 0.6 is 11.8 Å². The number of amidine groups is 1. The quantitative estimate of drug-likeness (QED) is 0.759. The highest BCUT2D eigenvalue weighted by Crippen LogP contribution is 2.33. The molecule has 5 rings (SSSR count). The molecule has 1 aliphatic carbocycles. The van der Waals surface area contributed by atoms with Gasteiger partial charge in [0.25, 0.3) is 5.91 Å². The van der Waals surface area contributed by atoms with E-state index in [9.17, 15) is 4.79 Å². The summed E-state index contributed by atoms with van der Waals surface area (Å²) in [6, 6.07) is 16.3. The summed E-state index contributed by atoms with van der Waals surface area (Å²) in [5.41, 5.74) is 4.50. The predicted molar refractivity (Wildman–Crippen MR) is 125 cm³/mol. The number of para-hydroxylation sites is 1. The molecule has 0 saturated carbocycles. The summed E-state index contributed by atoms with van der Waals surface area (Å²) in [6.45, 7) is 4.27. The molecule has 2 aromatic rings. The molecular weight excluding hydrogens is 404 g/mol. The maximum Gasteiger partial charge on any atom is 0.276 e. The predicted octanol–water partition coefficient (Wildman–Crippen LogP) is 3.45. The van der Waals surface area contributed by atoms with Gasteiger partial charge < -0.3 is 0 Å². The Bertz CT molecular complexity index is 1200. The Kier molecular flexibility index (Phi) is 5.40. The molecule has 2 aliphatic heterocycles. The van der Waals surface area contributed by atoms with Crippen molar-refractivity contribution in [1.82, 2.24) is 10.3 Å². The molecule has 1 amide bonds. The van der Waals surface area contributed by atoms with Crippen LogP contribution in [0.1, 0.15) is 37.3 Å². The van der Waals surface area contributed by atoms with Crippen molar-refractivity contribution in [2.75, 3.05) is 0 Å². The molecule has 0 fully saturated rings. The Balaban J connectivity index is 1.49. The largest absolute Gasteiger partial charge is 0.298 e. The minimum Gasteiger partial charge on any atom is -0.298 e. The molecule has 158 valence electrons. The second-order valence-electron chi connectivity index (χ2n) is 8.47. The molecule has 6 heteroatoms. The van der Waals surface area contributed by atoms with Gasteiger partial charge in [0.2, 0.25) is 0 Å². The number of allylic oxidation sites excluding steroid dienone is 2. The van der Waals surface area contributed by atoms with Crippen LogP contribution in [0, 0.1) is 12.8 Å². The second kappa shape index (κ2) is 8.35. The molecule has 2 atom stereocenters. The van der Waals surface area contributed by atoms with E-state index in [-0.39, 0.29) is 12.1 Å². The monoisotopic (exact) mass is 430 g/mol. The summed E-state index contributed by atoms with van der Waals surface area (Å²) in [5.74, 6) is 0.994. The number of benzene rings is 2. The molecule has 5 nitrogen and oxygen atoms in total. The number of rotatable bonds is 3. The zero-order valence-corrected chi connectivity index (χ0v) is 18.7. The number of fused-ring (bicyclic) bond motifs is 2. The van der Waals surface area contributed by atoms with E-state index in [0.717, 1.165) is 35.6 Å². The van der Waals surface area contributed by atoms with Crippen LogP contribution in [0.4, 0.5) is 0 Å². The van der Waals surface area contributed by atoms with E-state index < -0.39 is 0 Å². The van der Waals surface area contributed by atoms with E-state index in [0.29, 0.717) is 16.8 Å². The normalized spacial score (nSPS) is 22.6. The Morgan fingerprint density at radius 3 is 2.71 bits per heavy atom. The molecule has 0 aromatic heterocycles. The molecule has 0 saturated heterocycles. The van der Waals surface area contributed by atoms with Gasteiger partial charge in [-0.15, -0.1) is 5.10 Å². The van der Waals surface area contributed by atoms with Crippen LogP contribution in [0.25, 0.3) is 5.70 Å². The number of carbonyl (C=O) groups is 1. The molecule has 2 aromatic carbocycles. The second-order valence-corrected chi connectivity index (χ2v) is 9.44. The molecular formula is C25H26N4OS. The third-order valence-corrected chi connectivity index (χ3v) is 7.08. The third kappa shape index (κ3) is 4.04. The van der Waals surface area contributed by atoms with Crippen molar-refractivity contribution in [2.24, 2.45) is 16.0 Å². The van der Waals surface area contributed by atoms with Crippen molar-refractivity contribution in [2.45, 2.75) is 45.0 Å². The van der Waals surface area contributed by atoms with E-state index in [4.69, 9.17) is 10.1 Å². The minimum absolute atomic E-state index is 0.101. The van der Waals surface area contributed by atoms with E-state index in [1.54, 1.807) is 11.8 Å². The SMILES string of the molecule is CC1=CC[C@H]([C@@H]2N=c3ccccc3=C3C(=O)NC(SCc4ccc(C)cc4)=NN32)CC1. The molecule has 0 bridgehead atoms. The lowest BCUT2D eigenvalue weighted by Crippen LogP contribution is -2.54. The van der Waals surface area contributed by atoms with Gasteiger partial charge in [-0.25, -0.2) is 5.01 Å². The van der Waals surface area contributed by atoms with Crippen LogP contribution < -0.4 is 15.9 Å². The summed E-state index contributed by atoms with van der Waals surface area (Å²) >= 11 is 1.56. The first-order valence-electron chi connectivity index (χ1n) is 10.8. The van der Waals surface area contributed by atoms with E-state index >= 15 is 0 Å². The van der Waals surface area contributed by atoms with Gasteiger partial charge in [-0.3, -0.25) is 15.1 Å². The average Bonchev–Trinajstić information content (AvgIpc) is 2.78. The molecule has 1 N–H and O–H groups in total. The van der Waals surface area contributed by atoms with Crippen molar-refractivity contribution in [3.8, 4) is 0 Å². The fourth-order valence-electron chi connectivity index (χ4n) is 4.32. The highest BCUT2D eigenvalue weighted by atomic mass is 32.2. The lowest BCUT2D eigenvalue weighted by Gasteiger charge is -2.38. The zero-order valence-electron chi connectivity index (χ0n) is 17.8. The van der Waals surface area contributed by atoms with Crippen LogP contribution in [0.3, 0.4) is 0 Å². The maximum atomic E-state index is 13.2. The maximum absolute atomic E-state index is 13.2.